The van der Waals surface area contributed by atoms with Gasteiger partial charge in [0.2, 0.25) is 0 Å². The molecule has 0 spiro atoms. The lowest BCUT2D eigenvalue weighted by Gasteiger charge is -2.56. The number of nitrogens with one attached hydrogen (secondary N) is 2. The van der Waals surface area contributed by atoms with Gasteiger partial charge < -0.3 is 29.6 Å². The van der Waals surface area contributed by atoms with Crippen LogP contribution < -0.4 is 20.1 Å². The zero-order valence-corrected chi connectivity index (χ0v) is 23.2. The average molecular weight is 622 g/mol. The number of carbonyl (C=O) groups excluding carboxylic acids is 3. The van der Waals surface area contributed by atoms with Gasteiger partial charge in [0, 0.05) is 24.1 Å². The van der Waals surface area contributed by atoms with Crippen molar-refractivity contribution in [1.29, 1.82) is 0 Å². The maximum Gasteiger partial charge on any atom is 0.509 e. The minimum Gasteiger partial charge on any atom is -0.484 e. The highest BCUT2D eigenvalue weighted by molar-refractivity contribution is 6.31. The third kappa shape index (κ3) is 7.18. The molecule has 2 aromatic carbocycles. The van der Waals surface area contributed by atoms with E-state index in [1.165, 1.54) is 24.3 Å². The lowest BCUT2D eigenvalue weighted by atomic mass is 9.59. The number of ether oxygens (including phenoxy) is 4. The first-order chi connectivity index (χ1) is 19.0. The summed E-state index contributed by atoms with van der Waals surface area (Å²) in [6.07, 6.45) is -0.0783. The zero-order valence-electron chi connectivity index (χ0n) is 20.9. The lowest BCUT2D eigenvalue weighted by molar-refractivity contribution is -0.138. The summed E-state index contributed by atoms with van der Waals surface area (Å²) < 4.78 is 48.4. The summed E-state index contributed by atoms with van der Waals surface area (Å²) in [6.45, 7) is -0.806. The standard InChI is InChI=1S/C26H25Cl3F2N2O7/c27-14-39-24(36)40-21-11-25(32-22(34)12-37-15-1-3-17(28)19(30)9-15)5-7-26(21,8-6-25)33-23(35)13-38-16-2-4-18(29)20(31)10-16/h1-4,9-10,21H,5-8,11-14H2,(H,32,34)(H,33,35)/t21-,25?,26?/m1/s1. The minimum atomic E-state index is -1.02. The molecule has 0 unspecified atom stereocenters. The fourth-order valence-corrected chi connectivity index (χ4v) is 5.38. The summed E-state index contributed by atoms with van der Waals surface area (Å²) in [5.41, 5.74) is -1.71. The maximum absolute atomic E-state index is 13.7. The normalized spacial score (nSPS) is 23.2. The van der Waals surface area contributed by atoms with Crippen LogP contribution in [-0.2, 0) is 19.1 Å². The Morgan fingerprint density at radius 1 is 0.850 bits per heavy atom. The first-order valence-electron chi connectivity index (χ1n) is 12.2. The van der Waals surface area contributed by atoms with E-state index in [1.807, 2.05) is 0 Å². The van der Waals surface area contributed by atoms with E-state index in [0.717, 1.165) is 12.1 Å². The molecule has 216 valence electrons. The van der Waals surface area contributed by atoms with E-state index in [2.05, 4.69) is 10.6 Å². The molecule has 2 bridgehead atoms. The van der Waals surface area contributed by atoms with Gasteiger partial charge in [-0.3, -0.25) is 9.59 Å². The lowest BCUT2D eigenvalue weighted by Crippen LogP contribution is -2.71. The molecule has 2 N–H and O–H groups in total. The summed E-state index contributed by atoms with van der Waals surface area (Å²) in [5, 5.41) is 5.71. The van der Waals surface area contributed by atoms with Crippen LogP contribution in [0.25, 0.3) is 0 Å². The van der Waals surface area contributed by atoms with Gasteiger partial charge in [0.1, 0.15) is 29.2 Å². The molecule has 5 rings (SSSR count). The molecule has 40 heavy (non-hydrogen) atoms. The fourth-order valence-electron chi connectivity index (χ4n) is 5.06. The molecule has 3 aliphatic rings. The molecule has 0 heterocycles. The van der Waals surface area contributed by atoms with Crippen molar-refractivity contribution in [2.24, 2.45) is 0 Å². The summed E-state index contributed by atoms with van der Waals surface area (Å²) in [7, 11) is 0. The molecular formula is C26H25Cl3F2N2O7. The van der Waals surface area contributed by atoms with E-state index < -0.39 is 59.5 Å². The number of fused-ring (bicyclic) bond motifs is 3. The highest BCUT2D eigenvalue weighted by atomic mass is 35.5. The molecule has 1 atom stereocenters. The number of halogens is 5. The van der Waals surface area contributed by atoms with Crippen molar-refractivity contribution >= 4 is 52.8 Å². The number of carbonyl (C=O) groups is 3. The molecule has 3 aliphatic carbocycles. The summed E-state index contributed by atoms with van der Waals surface area (Å²) in [6, 6.07) is 7.20. The van der Waals surface area contributed by atoms with Gasteiger partial charge in [-0.05, 0) is 49.9 Å². The molecule has 0 radical (unpaired) electrons. The number of hydrogen-bond acceptors (Lipinski definition) is 7. The predicted molar refractivity (Wildman–Crippen MR) is 141 cm³/mol. The monoisotopic (exact) mass is 620 g/mol. The van der Waals surface area contributed by atoms with Crippen molar-refractivity contribution in [3.05, 3.63) is 58.1 Å². The van der Waals surface area contributed by atoms with Gasteiger partial charge in [-0.25, -0.2) is 13.6 Å². The largest absolute Gasteiger partial charge is 0.509 e. The number of hydrogen-bond donors (Lipinski definition) is 2. The SMILES string of the molecule is O=C(COc1ccc(Cl)c(F)c1)NC12CCC(NC(=O)COc3ccc(Cl)c(F)c3)(CC1)[C@H](OC(=O)OCCl)C2. The number of amides is 2. The Hall–Kier alpha value is -3.02. The van der Waals surface area contributed by atoms with Crippen LogP contribution in [0, 0.1) is 11.6 Å². The fraction of sp³-hybridized carbons (Fsp3) is 0.423. The van der Waals surface area contributed by atoms with E-state index >= 15 is 0 Å². The van der Waals surface area contributed by atoms with E-state index in [9.17, 15) is 23.2 Å². The Balaban J connectivity index is 1.39. The van der Waals surface area contributed by atoms with Crippen LogP contribution in [0.5, 0.6) is 11.5 Å². The van der Waals surface area contributed by atoms with Crippen LogP contribution in [0.15, 0.2) is 36.4 Å². The maximum atomic E-state index is 13.7. The van der Waals surface area contributed by atoms with Crippen LogP contribution in [0.3, 0.4) is 0 Å². The third-order valence-corrected chi connectivity index (χ3v) is 7.74. The predicted octanol–water partition coefficient (Wildman–Crippen LogP) is 5.14. The summed E-state index contributed by atoms with van der Waals surface area (Å²) >= 11 is 16.8. The van der Waals surface area contributed by atoms with Crippen molar-refractivity contribution in [2.75, 3.05) is 19.3 Å². The van der Waals surface area contributed by atoms with E-state index in [0.29, 0.717) is 25.7 Å². The molecule has 2 aromatic rings. The second-order valence-corrected chi connectivity index (χ2v) is 10.6. The Bertz CT molecular complexity index is 1270. The average Bonchev–Trinajstić information content (AvgIpc) is 2.91. The minimum absolute atomic E-state index is 0.0696. The van der Waals surface area contributed by atoms with Crippen LogP contribution in [0.1, 0.15) is 32.1 Å². The van der Waals surface area contributed by atoms with Gasteiger partial charge in [-0.1, -0.05) is 34.8 Å². The first-order valence-corrected chi connectivity index (χ1v) is 13.5. The molecule has 0 aliphatic heterocycles. The molecular weight excluding hydrogens is 597 g/mol. The van der Waals surface area contributed by atoms with Crippen molar-refractivity contribution in [3.8, 4) is 11.5 Å². The van der Waals surface area contributed by atoms with Crippen LogP contribution >= 0.6 is 34.8 Å². The van der Waals surface area contributed by atoms with Crippen molar-refractivity contribution in [1.82, 2.24) is 10.6 Å². The highest BCUT2D eigenvalue weighted by Crippen LogP contribution is 2.48. The van der Waals surface area contributed by atoms with Crippen LogP contribution in [0.4, 0.5) is 13.6 Å². The van der Waals surface area contributed by atoms with Gasteiger partial charge in [-0.15, -0.1) is 0 Å². The van der Waals surface area contributed by atoms with Crippen LogP contribution in [-0.4, -0.2) is 54.4 Å². The Morgan fingerprint density at radius 3 is 1.88 bits per heavy atom. The molecule has 0 saturated heterocycles. The van der Waals surface area contributed by atoms with Gasteiger partial charge in [-0.2, -0.15) is 0 Å². The molecule has 3 fully saturated rings. The van der Waals surface area contributed by atoms with Gasteiger partial charge >= 0.3 is 6.16 Å². The second-order valence-electron chi connectivity index (χ2n) is 9.58. The summed E-state index contributed by atoms with van der Waals surface area (Å²) in [4.78, 5) is 37.7. The van der Waals surface area contributed by atoms with E-state index in [-0.39, 0.29) is 34.6 Å². The quantitative estimate of drug-likeness (QED) is 0.279. The number of rotatable bonds is 10. The first kappa shape index (κ1) is 30.0. The van der Waals surface area contributed by atoms with E-state index in [1.54, 1.807) is 0 Å². The molecule has 14 heteroatoms. The van der Waals surface area contributed by atoms with Crippen LogP contribution in [0.2, 0.25) is 10.0 Å². The van der Waals surface area contributed by atoms with Crippen molar-refractivity contribution < 1.29 is 42.1 Å². The molecule has 9 nitrogen and oxygen atoms in total. The van der Waals surface area contributed by atoms with Gasteiger partial charge in [0.05, 0.1) is 15.6 Å². The van der Waals surface area contributed by atoms with Gasteiger partial charge in [0.25, 0.3) is 11.8 Å². The third-order valence-electron chi connectivity index (χ3n) is 7.02. The Morgan fingerprint density at radius 2 is 1.38 bits per heavy atom. The number of alkyl halides is 1. The van der Waals surface area contributed by atoms with Crippen molar-refractivity contribution in [2.45, 2.75) is 49.3 Å². The topological polar surface area (TPSA) is 112 Å². The Kier molecular flexibility index (Phi) is 9.48. The zero-order chi connectivity index (χ0) is 28.9. The van der Waals surface area contributed by atoms with E-state index in [4.69, 9.17) is 53.8 Å². The molecule has 0 aromatic heterocycles. The molecule has 2 amide bonds. The van der Waals surface area contributed by atoms with Crippen molar-refractivity contribution in [3.63, 3.8) is 0 Å². The Labute approximate surface area is 243 Å². The highest BCUT2D eigenvalue weighted by Gasteiger charge is 2.57. The molecule has 3 saturated carbocycles. The number of benzene rings is 2. The second kappa shape index (κ2) is 12.7. The van der Waals surface area contributed by atoms with Gasteiger partial charge in [0.15, 0.2) is 19.3 Å². The summed E-state index contributed by atoms with van der Waals surface area (Å²) in [5.74, 6) is -2.09. The smallest absolute Gasteiger partial charge is 0.484 e.